The van der Waals surface area contributed by atoms with Crippen molar-refractivity contribution >= 4 is 22.9 Å². The first kappa shape index (κ1) is 31.4. The number of likely N-dealkylation sites (tertiary alicyclic amines) is 2. The molecule has 4 aliphatic rings. The van der Waals surface area contributed by atoms with Crippen molar-refractivity contribution in [2.45, 2.75) is 60.5 Å². The van der Waals surface area contributed by atoms with Crippen molar-refractivity contribution in [2.24, 2.45) is 11.8 Å². The van der Waals surface area contributed by atoms with Gasteiger partial charge in [-0.15, -0.1) is 0 Å². The Kier molecular flexibility index (Phi) is 9.29. The third-order valence-corrected chi connectivity index (χ3v) is 11.3. The Morgan fingerprint density at radius 1 is 1.05 bits per heavy atom. The number of methoxy groups -OCH3 is 1. The van der Waals surface area contributed by atoms with Crippen molar-refractivity contribution in [3.05, 3.63) is 59.9 Å². The summed E-state index contributed by atoms with van der Waals surface area (Å²) in [5.41, 5.74) is 0.154. The summed E-state index contributed by atoms with van der Waals surface area (Å²) in [5, 5.41) is 3.13. The molecule has 3 saturated heterocycles. The van der Waals surface area contributed by atoms with E-state index in [0.717, 1.165) is 82.5 Å². The fraction of sp³-hybridized carbons (Fsp3) is 0.606. The summed E-state index contributed by atoms with van der Waals surface area (Å²) in [6.07, 6.45) is 5.30. The maximum absolute atomic E-state index is 15.9. The lowest BCUT2D eigenvalue weighted by Gasteiger charge is -2.54. The summed E-state index contributed by atoms with van der Waals surface area (Å²) in [7, 11) is 1.39. The molecule has 11 heteroatoms. The number of rotatable bonds is 10. The van der Waals surface area contributed by atoms with Crippen molar-refractivity contribution < 1.29 is 27.1 Å². The number of ether oxygens (including phenoxy) is 1. The molecule has 1 amide bonds. The highest BCUT2D eigenvalue weighted by atomic mass is 32.2. The molecule has 2 aromatic rings. The zero-order valence-corrected chi connectivity index (χ0v) is 26.2. The maximum Gasteiger partial charge on any atom is 0.407 e. The van der Waals surface area contributed by atoms with Gasteiger partial charge in [0, 0.05) is 35.1 Å². The van der Waals surface area contributed by atoms with Crippen LogP contribution in [0.15, 0.2) is 53.4 Å². The van der Waals surface area contributed by atoms with Crippen LogP contribution in [0.2, 0.25) is 0 Å². The van der Waals surface area contributed by atoms with Crippen molar-refractivity contribution in [1.82, 2.24) is 15.1 Å². The number of alkyl carbamates (subject to hydrolysis) is 1. The average Bonchev–Trinajstić information content (AvgIpc) is 3.44. The van der Waals surface area contributed by atoms with Gasteiger partial charge in [0.15, 0.2) is 5.67 Å². The van der Waals surface area contributed by atoms with Crippen LogP contribution in [0, 0.1) is 17.7 Å². The van der Waals surface area contributed by atoms with E-state index in [1.54, 1.807) is 30.3 Å². The molecule has 0 bridgehead atoms. The fourth-order valence-electron chi connectivity index (χ4n) is 8.43. The number of piperidine rings is 1. The van der Waals surface area contributed by atoms with Gasteiger partial charge in [-0.25, -0.2) is 13.6 Å². The lowest BCUT2D eigenvalue weighted by Crippen LogP contribution is -2.65. The maximum atomic E-state index is 15.9. The number of carbonyl (C=O) groups is 1. The number of nitrogens with one attached hydrogen (secondary N) is 1. The third-order valence-electron chi connectivity index (χ3n) is 10.6. The van der Waals surface area contributed by atoms with Gasteiger partial charge in [-0.05, 0) is 123 Å². The Balaban J connectivity index is 1.18. The number of nitrogens with zero attached hydrogens (tertiary/aromatic N) is 3. The lowest BCUT2D eigenvalue weighted by molar-refractivity contribution is 0.00584. The quantitative estimate of drug-likeness (QED) is 0.388. The molecule has 3 heterocycles. The van der Waals surface area contributed by atoms with Gasteiger partial charge in [-0.3, -0.25) is 9.11 Å². The minimum Gasteiger partial charge on any atom is -0.768 e. The molecule has 4 atom stereocenters. The van der Waals surface area contributed by atoms with Crippen molar-refractivity contribution in [3.63, 3.8) is 0 Å². The van der Waals surface area contributed by atoms with Gasteiger partial charge in [0.2, 0.25) is 0 Å². The Labute approximate surface area is 261 Å². The molecule has 1 N–H and O–H groups in total. The molecule has 240 valence electrons. The summed E-state index contributed by atoms with van der Waals surface area (Å²) in [5.74, 6) is 0.150. The molecule has 44 heavy (non-hydrogen) atoms. The summed E-state index contributed by atoms with van der Waals surface area (Å²) in [4.78, 5) is 19.3. The summed E-state index contributed by atoms with van der Waals surface area (Å²) in [6.45, 7) is 5.31. The standard InChI is InChI=1S/C33H44F2N4O4S/c1-43-31(40)36-30-8-3-7-29(30)33(23-37-15-4-16-37,25-5-2-6-26(34)19-25)24-13-17-38(18-14-24)20-32(35)21-39(22-32)27-9-11-28(12-10-27)44(41)42/h2,5-6,9-12,19,24,29-30H,3-4,7-8,13-18,20-23H2,1H3,(H,36,40)(H,41,42)/p-1/t29-,30-,33-/m0/s1. The van der Waals surface area contributed by atoms with Crippen LogP contribution in [-0.2, 0) is 21.2 Å². The summed E-state index contributed by atoms with van der Waals surface area (Å²) < 4.78 is 58.1. The van der Waals surface area contributed by atoms with E-state index < -0.39 is 22.8 Å². The van der Waals surface area contributed by atoms with E-state index in [0.29, 0.717) is 6.54 Å². The van der Waals surface area contributed by atoms with Crippen LogP contribution in [0.4, 0.5) is 19.3 Å². The number of carbonyl (C=O) groups excluding carboxylic acids is 1. The number of alkyl halides is 1. The predicted octanol–water partition coefficient (Wildman–Crippen LogP) is 4.47. The normalized spacial score (nSPS) is 26.3. The smallest absolute Gasteiger partial charge is 0.407 e. The Hall–Kier alpha value is -2.60. The second kappa shape index (κ2) is 13.0. The molecule has 3 aliphatic heterocycles. The van der Waals surface area contributed by atoms with Crippen LogP contribution in [0.5, 0.6) is 0 Å². The number of hydrogen-bond acceptors (Lipinski definition) is 7. The third kappa shape index (κ3) is 6.38. The monoisotopic (exact) mass is 629 g/mol. The van der Waals surface area contributed by atoms with Crippen LogP contribution in [0.25, 0.3) is 0 Å². The van der Waals surface area contributed by atoms with E-state index in [-0.39, 0.29) is 47.1 Å². The highest BCUT2D eigenvalue weighted by Crippen LogP contribution is 2.51. The molecule has 0 aromatic heterocycles. The van der Waals surface area contributed by atoms with Gasteiger partial charge in [0.05, 0.1) is 20.2 Å². The Morgan fingerprint density at radius 3 is 2.39 bits per heavy atom. The number of benzene rings is 2. The van der Waals surface area contributed by atoms with E-state index in [1.165, 1.54) is 13.2 Å². The van der Waals surface area contributed by atoms with Gasteiger partial charge in [0.1, 0.15) is 5.82 Å². The SMILES string of the molecule is COC(=O)N[C@H]1CCC[C@@H]1[C@](CN1CCC1)(c1cccc(F)c1)C1CCN(CC2(F)CN(c3ccc(S(=O)[O-])cc3)C2)CC1. The molecule has 1 unspecified atom stereocenters. The van der Waals surface area contributed by atoms with Gasteiger partial charge in [-0.1, -0.05) is 18.6 Å². The molecule has 1 aliphatic carbocycles. The Bertz CT molecular complexity index is 1330. The van der Waals surface area contributed by atoms with Crippen molar-refractivity contribution in [2.75, 3.05) is 64.4 Å². The first-order valence-corrected chi connectivity index (χ1v) is 16.9. The van der Waals surface area contributed by atoms with Crippen LogP contribution in [0.1, 0.15) is 44.1 Å². The van der Waals surface area contributed by atoms with Crippen LogP contribution in [0.3, 0.4) is 0 Å². The molecular formula is C33H43F2N4O4S-. The first-order chi connectivity index (χ1) is 21.2. The molecule has 4 fully saturated rings. The van der Waals surface area contributed by atoms with Gasteiger partial charge >= 0.3 is 6.09 Å². The predicted molar refractivity (Wildman–Crippen MR) is 165 cm³/mol. The highest BCUT2D eigenvalue weighted by Gasteiger charge is 2.53. The highest BCUT2D eigenvalue weighted by molar-refractivity contribution is 7.79. The summed E-state index contributed by atoms with van der Waals surface area (Å²) >= 11 is -2.28. The van der Waals surface area contributed by atoms with Crippen LogP contribution >= 0.6 is 0 Å². The molecule has 6 rings (SSSR count). The van der Waals surface area contributed by atoms with Crippen molar-refractivity contribution in [3.8, 4) is 0 Å². The zero-order valence-electron chi connectivity index (χ0n) is 25.4. The second-order valence-corrected chi connectivity index (χ2v) is 14.2. The van der Waals surface area contributed by atoms with Crippen molar-refractivity contribution in [1.29, 1.82) is 0 Å². The topological polar surface area (TPSA) is 88.2 Å². The van der Waals surface area contributed by atoms with Gasteiger partial charge in [0.25, 0.3) is 0 Å². The molecule has 2 aromatic carbocycles. The van der Waals surface area contributed by atoms with E-state index >= 15 is 4.39 Å². The summed E-state index contributed by atoms with van der Waals surface area (Å²) in [6, 6.07) is 13.6. The van der Waals surface area contributed by atoms with E-state index in [1.807, 2.05) is 11.0 Å². The molecule has 0 spiro atoms. The number of hydrogen-bond donors (Lipinski definition) is 1. The van der Waals surface area contributed by atoms with E-state index in [2.05, 4.69) is 21.2 Å². The average molecular weight is 630 g/mol. The molecule has 8 nitrogen and oxygen atoms in total. The van der Waals surface area contributed by atoms with Crippen LogP contribution < -0.4 is 10.2 Å². The Morgan fingerprint density at radius 2 is 1.77 bits per heavy atom. The molecular weight excluding hydrogens is 586 g/mol. The van der Waals surface area contributed by atoms with Gasteiger partial charge in [-0.2, -0.15) is 0 Å². The fourth-order valence-corrected chi connectivity index (χ4v) is 8.79. The van der Waals surface area contributed by atoms with Crippen LogP contribution in [-0.4, -0.2) is 95.8 Å². The second-order valence-electron chi connectivity index (χ2n) is 13.2. The van der Waals surface area contributed by atoms with Gasteiger partial charge < -0.3 is 24.4 Å². The van der Waals surface area contributed by atoms with E-state index in [9.17, 15) is 17.9 Å². The molecule has 0 radical (unpaired) electrons. The minimum atomic E-state index is -2.28. The number of anilines is 1. The number of halogens is 2. The molecule has 1 saturated carbocycles. The van der Waals surface area contributed by atoms with E-state index in [4.69, 9.17) is 4.74 Å². The largest absolute Gasteiger partial charge is 0.768 e. The zero-order chi connectivity index (χ0) is 30.9. The minimum absolute atomic E-state index is 0.0530. The number of amides is 1. The lowest BCUT2D eigenvalue weighted by atomic mass is 9.57. The first-order valence-electron chi connectivity index (χ1n) is 15.9.